The molecule has 1 aliphatic carbocycles. The van der Waals surface area contributed by atoms with Crippen molar-refractivity contribution in [3.63, 3.8) is 0 Å². The van der Waals surface area contributed by atoms with Crippen molar-refractivity contribution >= 4 is 11.0 Å². The van der Waals surface area contributed by atoms with E-state index in [1.54, 1.807) is 6.07 Å². The molecule has 2 N–H and O–H groups in total. The molecule has 4 heteroatoms. The summed E-state index contributed by atoms with van der Waals surface area (Å²) in [4.78, 5) is 4.64. The largest absolute Gasteiger partial charge is 0.331 e. The fraction of sp³-hybridized carbons (Fsp3) is 0.500. The van der Waals surface area contributed by atoms with Crippen LogP contribution in [-0.2, 0) is 12.5 Å². The maximum atomic E-state index is 13.3. The van der Waals surface area contributed by atoms with Crippen LogP contribution in [0.15, 0.2) is 18.2 Å². The van der Waals surface area contributed by atoms with Crippen LogP contribution in [0.4, 0.5) is 4.39 Å². The number of hydrogen-bond donors (Lipinski definition) is 1. The number of rotatable bonds is 2. The molecular formula is C14H18FN3. The van der Waals surface area contributed by atoms with Crippen molar-refractivity contribution in [3.05, 3.63) is 29.8 Å². The molecule has 0 saturated heterocycles. The predicted octanol–water partition coefficient (Wildman–Crippen LogP) is 2.48. The summed E-state index contributed by atoms with van der Waals surface area (Å²) in [7, 11) is 2.00. The minimum atomic E-state index is -0.236. The summed E-state index contributed by atoms with van der Waals surface area (Å²) in [6, 6.07) is 4.77. The van der Waals surface area contributed by atoms with Crippen LogP contribution in [0.5, 0.6) is 0 Å². The van der Waals surface area contributed by atoms with Gasteiger partial charge in [-0.3, -0.25) is 0 Å². The molecule has 0 atom stereocenters. The van der Waals surface area contributed by atoms with Gasteiger partial charge in [-0.1, -0.05) is 12.8 Å². The van der Waals surface area contributed by atoms with Gasteiger partial charge in [-0.05, 0) is 25.0 Å². The van der Waals surface area contributed by atoms with Crippen LogP contribution >= 0.6 is 0 Å². The molecule has 18 heavy (non-hydrogen) atoms. The van der Waals surface area contributed by atoms with Gasteiger partial charge < -0.3 is 10.3 Å². The summed E-state index contributed by atoms with van der Waals surface area (Å²) in [5, 5.41) is 0. The summed E-state index contributed by atoms with van der Waals surface area (Å²) in [6.07, 6.45) is 4.58. The zero-order valence-electron chi connectivity index (χ0n) is 10.6. The number of halogens is 1. The van der Waals surface area contributed by atoms with Gasteiger partial charge in [-0.15, -0.1) is 0 Å². The molecule has 0 bridgehead atoms. The standard InChI is InChI=1S/C14H18FN3/c1-18-12-5-4-10(15)8-11(12)17-13(18)14(9-16)6-2-3-7-14/h4-5,8H,2-3,6-7,9,16H2,1H3. The van der Waals surface area contributed by atoms with Crippen LogP contribution in [0.2, 0.25) is 0 Å². The number of hydrogen-bond acceptors (Lipinski definition) is 2. The monoisotopic (exact) mass is 247 g/mol. The smallest absolute Gasteiger partial charge is 0.125 e. The van der Waals surface area contributed by atoms with Crippen molar-refractivity contribution in [2.75, 3.05) is 6.54 Å². The normalized spacial score (nSPS) is 18.6. The molecule has 0 amide bonds. The Bertz CT molecular complexity index is 582. The summed E-state index contributed by atoms with van der Waals surface area (Å²) in [5.74, 6) is 0.781. The Morgan fingerprint density at radius 1 is 1.39 bits per heavy atom. The van der Waals surface area contributed by atoms with E-state index in [2.05, 4.69) is 9.55 Å². The Kier molecular flexibility index (Phi) is 2.63. The Hall–Kier alpha value is -1.42. The van der Waals surface area contributed by atoms with Gasteiger partial charge in [0.25, 0.3) is 0 Å². The first-order valence-electron chi connectivity index (χ1n) is 6.49. The van der Waals surface area contributed by atoms with E-state index in [4.69, 9.17) is 5.73 Å². The maximum absolute atomic E-state index is 13.3. The van der Waals surface area contributed by atoms with E-state index in [0.717, 1.165) is 29.7 Å². The Morgan fingerprint density at radius 2 is 2.11 bits per heavy atom. The highest BCUT2D eigenvalue weighted by Gasteiger charge is 2.38. The summed E-state index contributed by atoms with van der Waals surface area (Å²) >= 11 is 0. The molecule has 96 valence electrons. The van der Waals surface area contributed by atoms with Crippen molar-refractivity contribution in [2.24, 2.45) is 12.8 Å². The first-order chi connectivity index (χ1) is 8.66. The van der Waals surface area contributed by atoms with Crippen LogP contribution in [-0.4, -0.2) is 16.1 Å². The van der Waals surface area contributed by atoms with E-state index in [-0.39, 0.29) is 11.2 Å². The summed E-state index contributed by atoms with van der Waals surface area (Å²) in [6.45, 7) is 0.618. The van der Waals surface area contributed by atoms with Crippen molar-refractivity contribution in [2.45, 2.75) is 31.1 Å². The lowest BCUT2D eigenvalue weighted by Gasteiger charge is -2.26. The van der Waals surface area contributed by atoms with Crippen molar-refractivity contribution in [1.82, 2.24) is 9.55 Å². The fourth-order valence-corrected chi connectivity index (χ4v) is 3.22. The van der Waals surface area contributed by atoms with Crippen LogP contribution < -0.4 is 5.73 Å². The molecule has 2 aromatic rings. The second-order valence-corrected chi connectivity index (χ2v) is 5.32. The van der Waals surface area contributed by atoms with E-state index >= 15 is 0 Å². The van der Waals surface area contributed by atoms with Crippen molar-refractivity contribution < 1.29 is 4.39 Å². The predicted molar refractivity (Wildman–Crippen MR) is 69.9 cm³/mol. The number of nitrogens with two attached hydrogens (primary N) is 1. The topological polar surface area (TPSA) is 43.8 Å². The zero-order valence-corrected chi connectivity index (χ0v) is 10.6. The molecule has 0 aliphatic heterocycles. The molecule has 0 unspecified atom stereocenters. The molecule has 1 aliphatic rings. The van der Waals surface area contributed by atoms with E-state index in [1.165, 1.54) is 25.0 Å². The highest BCUT2D eigenvalue weighted by molar-refractivity contribution is 5.76. The van der Waals surface area contributed by atoms with Gasteiger partial charge in [0.2, 0.25) is 0 Å². The molecule has 3 rings (SSSR count). The minimum absolute atomic E-state index is 0.00968. The first kappa shape index (κ1) is 11.7. The zero-order chi connectivity index (χ0) is 12.8. The minimum Gasteiger partial charge on any atom is -0.331 e. The molecule has 3 nitrogen and oxygen atoms in total. The fourth-order valence-electron chi connectivity index (χ4n) is 3.22. The number of aromatic nitrogens is 2. The Balaban J connectivity index is 2.20. The van der Waals surface area contributed by atoms with Crippen LogP contribution in [0.3, 0.4) is 0 Å². The van der Waals surface area contributed by atoms with E-state index in [0.29, 0.717) is 6.54 Å². The van der Waals surface area contributed by atoms with Gasteiger partial charge in [0.1, 0.15) is 11.6 Å². The van der Waals surface area contributed by atoms with Gasteiger partial charge in [0, 0.05) is 25.1 Å². The van der Waals surface area contributed by atoms with Gasteiger partial charge in [-0.2, -0.15) is 0 Å². The lowest BCUT2D eigenvalue weighted by molar-refractivity contribution is 0.414. The van der Waals surface area contributed by atoms with E-state index in [1.807, 2.05) is 7.05 Å². The van der Waals surface area contributed by atoms with Crippen molar-refractivity contribution in [3.8, 4) is 0 Å². The third-order valence-electron chi connectivity index (χ3n) is 4.27. The second kappa shape index (κ2) is 4.05. The molecule has 0 radical (unpaired) electrons. The highest BCUT2D eigenvalue weighted by Crippen LogP contribution is 2.40. The number of imidazole rings is 1. The molecule has 1 saturated carbocycles. The van der Waals surface area contributed by atoms with Gasteiger partial charge in [-0.25, -0.2) is 9.37 Å². The van der Waals surface area contributed by atoms with E-state index < -0.39 is 0 Å². The SMILES string of the molecule is Cn1c(C2(CN)CCCC2)nc2cc(F)ccc21. The third kappa shape index (κ3) is 1.56. The molecular weight excluding hydrogens is 229 g/mol. The number of aryl methyl sites for hydroxylation is 1. The molecule has 1 aromatic heterocycles. The van der Waals surface area contributed by atoms with Crippen molar-refractivity contribution in [1.29, 1.82) is 0 Å². The Morgan fingerprint density at radius 3 is 2.78 bits per heavy atom. The molecule has 1 fully saturated rings. The Labute approximate surface area is 106 Å². The highest BCUT2D eigenvalue weighted by atomic mass is 19.1. The lowest BCUT2D eigenvalue weighted by atomic mass is 9.85. The van der Waals surface area contributed by atoms with Gasteiger partial charge in [0.15, 0.2) is 0 Å². The average Bonchev–Trinajstić information content (AvgIpc) is 2.95. The number of benzene rings is 1. The lowest BCUT2D eigenvalue weighted by Crippen LogP contribution is -2.34. The summed E-state index contributed by atoms with van der Waals surface area (Å²) < 4.78 is 15.3. The van der Waals surface area contributed by atoms with Gasteiger partial charge >= 0.3 is 0 Å². The molecule has 1 heterocycles. The van der Waals surface area contributed by atoms with Crippen LogP contribution in [0.1, 0.15) is 31.5 Å². The first-order valence-corrected chi connectivity index (χ1v) is 6.49. The van der Waals surface area contributed by atoms with Crippen LogP contribution in [0.25, 0.3) is 11.0 Å². The van der Waals surface area contributed by atoms with Crippen LogP contribution in [0, 0.1) is 5.82 Å². The summed E-state index contributed by atoms with van der Waals surface area (Å²) in [5.41, 5.74) is 7.69. The molecule has 1 aromatic carbocycles. The average molecular weight is 247 g/mol. The number of fused-ring (bicyclic) bond motifs is 1. The quantitative estimate of drug-likeness (QED) is 0.886. The second-order valence-electron chi connectivity index (χ2n) is 5.32. The molecule has 0 spiro atoms. The van der Waals surface area contributed by atoms with E-state index in [9.17, 15) is 4.39 Å². The van der Waals surface area contributed by atoms with Gasteiger partial charge in [0.05, 0.1) is 11.0 Å². The number of nitrogens with zero attached hydrogens (tertiary/aromatic N) is 2. The maximum Gasteiger partial charge on any atom is 0.125 e. The third-order valence-corrected chi connectivity index (χ3v) is 4.27.